The fourth-order valence-electron chi connectivity index (χ4n) is 1.10. The lowest BCUT2D eigenvalue weighted by molar-refractivity contribution is 0.770. The Balaban J connectivity index is 2.37. The highest BCUT2D eigenvalue weighted by Gasteiger charge is 1.99. The van der Waals surface area contributed by atoms with Crippen molar-refractivity contribution >= 4 is 33.3 Å². The van der Waals surface area contributed by atoms with Gasteiger partial charge in [0, 0.05) is 17.1 Å². The number of hydrogen-bond acceptors (Lipinski definition) is 1. The lowest BCUT2D eigenvalue weighted by Crippen LogP contribution is -2.39. The molecule has 1 rings (SSSR count). The van der Waals surface area contributed by atoms with Crippen molar-refractivity contribution < 1.29 is 0 Å². The average Bonchev–Trinajstić information content (AvgIpc) is 2.28. The highest BCUT2D eigenvalue weighted by molar-refractivity contribution is 9.10. The molecule has 0 fully saturated rings. The monoisotopic (exact) mass is 298 g/mol. The van der Waals surface area contributed by atoms with Gasteiger partial charge in [0.1, 0.15) is 0 Å². The Kier molecular flexibility index (Phi) is 5.49. The number of nitrogens with one attached hydrogen (secondary N) is 2. The van der Waals surface area contributed by atoms with Crippen molar-refractivity contribution in [2.45, 2.75) is 19.5 Å². The van der Waals surface area contributed by atoms with Gasteiger partial charge in [0.2, 0.25) is 0 Å². The standard InChI is InChI=1S/C12H15BrN2S/c1-3-9(2)15-12(16)14-8-10-4-6-11(13)7-5-10/h3-7,9H,1,8H2,2H3,(H2,14,15,16). The number of halogens is 1. The molecular weight excluding hydrogens is 284 g/mol. The van der Waals surface area contributed by atoms with E-state index >= 15 is 0 Å². The van der Waals surface area contributed by atoms with Crippen LogP contribution in [0.25, 0.3) is 0 Å². The first kappa shape index (κ1) is 13.2. The van der Waals surface area contributed by atoms with Gasteiger partial charge in [-0.1, -0.05) is 34.1 Å². The molecule has 2 nitrogen and oxygen atoms in total. The third-order valence-electron chi connectivity index (χ3n) is 2.08. The van der Waals surface area contributed by atoms with Gasteiger partial charge in [-0.25, -0.2) is 0 Å². The molecule has 0 heterocycles. The summed E-state index contributed by atoms with van der Waals surface area (Å²) < 4.78 is 1.08. The van der Waals surface area contributed by atoms with Gasteiger partial charge in [0.25, 0.3) is 0 Å². The molecule has 1 unspecified atom stereocenters. The molecule has 86 valence electrons. The van der Waals surface area contributed by atoms with E-state index in [9.17, 15) is 0 Å². The molecule has 0 bridgehead atoms. The summed E-state index contributed by atoms with van der Waals surface area (Å²) in [4.78, 5) is 0. The molecule has 1 aromatic carbocycles. The molecule has 0 aliphatic heterocycles. The van der Waals surface area contributed by atoms with Crippen molar-refractivity contribution in [1.82, 2.24) is 10.6 Å². The van der Waals surface area contributed by atoms with Crippen LogP contribution < -0.4 is 10.6 Å². The topological polar surface area (TPSA) is 24.1 Å². The zero-order valence-corrected chi connectivity index (χ0v) is 11.6. The first-order chi connectivity index (χ1) is 7.61. The maximum Gasteiger partial charge on any atom is 0.167 e. The van der Waals surface area contributed by atoms with Crippen LogP contribution in [-0.2, 0) is 6.54 Å². The van der Waals surface area contributed by atoms with Gasteiger partial charge in [-0.15, -0.1) is 6.58 Å². The molecule has 0 saturated carbocycles. The van der Waals surface area contributed by atoms with E-state index in [2.05, 4.69) is 45.3 Å². The molecular formula is C12H15BrN2S. The summed E-state index contributed by atoms with van der Waals surface area (Å²) in [5, 5.41) is 6.89. The molecule has 1 atom stereocenters. The normalized spacial score (nSPS) is 11.6. The average molecular weight is 299 g/mol. The van der Waals surface area contributed by atoms with E-state index < -0.39 is 0 Å². The number of hydrogen-bond donors (Lipinski definition) is 2. The zero-order chi connectivity index (χ0) is 12.0. The highest BCUT2D eigenvalue weighted by Crippen LogP contribution is 2.10. The van der Waals surface area contributed by atoms with E-state index in [4.69, 9.17) is 12.2 Å². The van der Waals surface area contributed by atoms with Gasteiger partial charge in [-0.2, -0.15) is 0 Å². The van der Waals surface area contributed by atoms with Gasteiger partial charge in [-0.3, -0.25) is 0 Å². The smallest absolute Gasteiger partial charge is 0.167 e. The number of benzene rings is 1. The molecule has 0 aliphatic carbocycles. The summed E-state index contributed by atoms with van der Waals surface area (Å²) in [6, 6.07) is 8.32. The van der Waals surface area contributed by atoms with Crippen molar-refractivity contribution in [3.63, 3.8) is 0 Å². The summed E-state index contributed by atoms with van der Waals surface area (Å²) >= 11 is 8.54. The van der Waals surface area contributed by atoms with Crippen molar-refractivity contribution in [3.8, 4) is 0 Å². The predicted molar refractivity (Wildman–Crippen MR) is 76.4 cm³/mol. The van der Waals surface area contributed by atoms with Crippen LogP contribution in [-0.4, -0.2) is 11.2 Å². The van der Waals surface area contributed by atoms with Crippen LogP contribution >= 0.6 is 28.1 Å². The molecule has 0 saturated heterocycles. The van der Waals surface area contributed by atoms with Crippen LogP contribution in [0.15, 0.2) is 41.4 Å². The van der Waals surface area contributed by atoms with Crippen LogP contribution in [0.5, 0.6) is 0 Å². The Labute approximate surface area is 110 Å². The van der Waals surface area contributed by atoms with Gasteiger partial charge >= 0.3 is 0 Å². The Morgan fingerprint density at radius 3 is 2.69 bits per heavy atom. The first-order valence-corrected chi connectivity index (χ1v) is 6.23. The van der Waals surface area contributed by atoms with E-state index in [0.29, 0.717) is 5.11 Å². The molecule has 16 heavy (non-hydrogen) atoms. The Morgan fingerprint density at radius 2 is 2.12 bits per heavy atom. The number of rotatable bonds is 4. The molecule has 0 aliphatic rings. The molecule has 0 amide bonds. The molecule has 0 spiro atoms. The SMILES string of the molecule is C=CC(C)NC(=S)NCc1ccc(Br)cc1. The van der Waals surface area contributed by atoms with Crippen molar-refractivity contribution in [1.29, 1.82) is 0 Å². The third-order valence-corrected chi connectivity index (χ3v) is 2.87. The molecule has 1 aromatic rings. The van der Waals surface area contributed by atoms with E-state index in [-0.39, 0.29) is 6.04 Å². The number of thiocarbonyl (C=S) groups is 1. The fraction of sp³-hybridized carbons (Fsp3) is 0.250. The molecule has 4 heteroatoms. The highest BCUT2D eigenvalue weighted by atomic mass is 79.9. The minimum absolute atomic E-state index is 0.185. The summed E-state index contributed by atoms with van der Waals surface area (Å²) in [7, 11) is 0. The summed E-state index contributed by atoms with van der Waals surface area (Å²) in [5.41, 5.74) is 1.19. The lowest BCUT2D eigenvalue weighted by Gasteiger charge is -2.13. The quantitative estimate of drug-likeness (QED) is 0.660. The lowest BCUT2D eigenvalue weighted by atomic mass is 10.2. The molecule has 0 radical (unpaired) electrons. The molecule has 2 N–H and O–H groups in total. The largest absolute Gasteiger partial charge is 0.359 e. The van der Waals surface area contributed by atoms with E-state index in [0.717, 1.165) is 11.0 Å². The maximum absolute atomic E-state index is 5.14. The second kappa shape index (κ2) is 6.66. The summed E-state index contributed by atoms with van der Waals surface area (Å²) in [6.07, 6.45) is 1.81. The summed E-state index contributed by atoms with van der Waals surface area (Å²) in [6.45, 7) is 6.41. The Morgan fingerprint density at radius 1 is 1.50 bits per heavy atom. The first-order valence-electron chi connectivity index (χ1n) is 5.03. The van der Waals surface area contributed by atoms with Gasteiger partial charge in [-0.05, 0) is 36.8 Å². The summed E-state index contributed by atoms with van der Waals surface area (Å²) in [5.74, 6) is 0. The van der Waals surface area contributed by atoms with Crippen molar-refractivity contribution in [3.05, 3.63) is 47.0 Å². The van der Waals surface area contributed by atoms with Crippen LogP contribution in [0.1, 0.15) is 12.5 Å². The van der Waals surface area contributed by atoms with Crippen LogP contribution in [0.3, 0.4) is 0 Å². The van der Waals surface area contributed by atoms with Crippen molar-refractivity contribution in [2.24, 2.45) is 0 Å². The molecule has 0 aromatic heterocycles. The zero-order valence-electron chi connectivity index (χ0n) is 9.16. The Bertz CT molecular complexity index is 362. The van der Waals surface area contributed by atoms with Gasteiger partial charge in [0.15, 0.2) is 5.11 Å². The van der Waals surface area contributed by atoms with Gasteiger partial charge in [0.05, 0.1) is 0 Å². The minimum Gasteiger partial charge on any atom is -0.359 e. The third kappa shape index (κ3) is 4.77. The Hall–Kier alpha value is -0.870. The fourth-order valence-corrected chi connectivity index (χ4v) is 1.62. The predicted octanol–water partition coefficient (Wildman–Crippen LogP) is 2.99. The van der Waals surface area contributed by atoms with Crippen molar-refractivity contribution in [2.75, 3.05) is 0 Å². The second-order valence-electron chi connectivity index (χ2n) is 3.48. The van der Waals surface area contributed by atoms with Crippen LogP contribution in [0, 0.1) is 0 Å². The van der Waals surface area contributed by atoms with Crippen LogP contribution in [0.2, 0.25) is 0 Å². The van der Waals surface area contributed by atoms with E-state index in [1.54, 1.807) is 0 Å². The van der Waals surface area contributed by atoms with E-state index in [1.807, 2.05) is 25.1 Å². The minimum atomic E-state index is 0.185. The van der Waals surface area contributed by atoms with E-state index in [1.165, 1.54) is 5.56 Å². The second-order valence-corrected chi connectivity index (χ2v) is 4.80. The van der Waals surface area contributed by atoms with Gasteiger partial charge < -0.3 is 10.6 Å². The maximum atomic E-state index is 5.14. The van der Waals surface area contributed by atoms with Crippen LogP contribution in [0.4, 0.5) is 0 Å².